The zero-order chi connectivity index (χ0) is 17.6. The molecule has 2 aromatic rings. The maximum Gasteiger partial charge on any atom is 0.224 e. The Hall–Kier alpha value is -2.69. The van der Waals surface area contributed by atoms with Crippen LogP contribution in [0.15, 0.2) is 48.5 Å². The number of fused-ring (bicyclic) bond motifs is 1. The molecule has 130 valence electrons. The van der Waals surface area contributed by atoms with Gasteiger partial charge in [-0.05, 0) is 35.2 Å². The van der Waals surface area contributed by atoms with E-state index in [9.17, 15) is 14.0 Å². The van der Waals surface area contributed by atoms with E-state index in [0.717, 1.165) is 0 Å². The van der Waals surface area contributed by atoms with Crippen LogP contribution in [0.2, 0.25) is 0 Å². The number of nitrogens with one attached hydrogen (secondary N) is 1. The van der Waals surface area contributed by atoms with Crippen LogP contribution in [0.5, 0.6) is 0 Å². The number of benzene rings is 2. The highest BCUT2D eigenvalue weighted by Gasteiger charge is 2.22. The number of rotatable bonds is 6. The normalized spacial score (nSPS) is 12.8. The second kappa shape index (κ2) is 7.92. The molecule has 25 heavy (non-hydrogen) atoms. The number of hydrogen-bond acceptors (Lipinski definition) is 2. The van der Waals surface area contributed by atoms with Crippen molar-refractivity contribution in [3.05, 3.63) is 71.0 Å². The Morgan fingerprint density at radius 3 is 2.44 bits per heavy atom. The first-order valence-electron chi connectivity index (χ1n) is 8.47. The molecule has 0 saturated heterocycles. The van der Waals surface area contributed by atoms with Crippen LogP contribution in [0.3, 0.4) is 0 Å². The van der Waals surface area contributed by atoms with Crippen molar-refractivity contribution in [1.29, 1.82) is 0 Å². The topological polar surface area (TPSA) is 49.4 Å². The molecule has 0 fully saturated rings. The summed E-state index contributed by atoms with van der Waals surface area (Å²) >= 11 is 0. The van der Waals surface area contributed by atoms with Crippen LogP contribution in [0.25, 0.3) is 0 Å². The zero-order valence-electron chi connectivity index (χ0n) is 14.0. The van der Waals surface area contributed by atoms with E-state index < -0.39 is 0 Å². The van der Waals surface area contributed by atoms with E-state index in [0.29, 0.717) is 38.0 Å². The van der Waals surface area contributed by atoms with Crippen molar-refractivity contribution in [1.82, 2.24) is 10.2 Å². The van der Waals surface area contributed by atoms with Crippen LogP contribution in [-0.2, 0) is 29.1 Å². The van der Waals surface area contributed by atoms with Gasteiger partial charge in [0.1, 0.15) is 5.82 Å². The van der Waals surface area contributed by atoms with Gasteiger partial charge in [-0.25, -0.2) is 4.39 Å². The van der Waals surface area contributed by atoms with E-state index in [1.807, 2.05) is 17.0 Å². The van der Waals surface area contributed by atoms with E-state index in [1.54, 1.807) is 12.1 Å². The van der Waals surface area contributed by atoms with Crippen LogP contribution in [0.4, 0.5) is 4.39 Å². The quantitative estimate of drug-likeness (QED) is 0.822. The lowest BCUT2D eigenvalue weighted by molar-refractivity contribution is -0.132. The van der Waals surface area contributed by atoms with Crippen molar-refractivity contribution < 1.29 is 14.0 Å². The molecule has 2 amide bonds. The minimum absolute atomic E-state index is 0.107. The third-order valence-electron chi connectivity index (χ3n) is 4.34. The molecule has 1 N–H and O–H groups in total. The molecule has 0 saturated carbocycles. The molecule has 0 aromatic heterocycles. The fraction of sp³-hybridized carbons (Fsp3) is 0.300. The van der Waals surface area contributed by atoms with Gasteiger partial charge < -0.3 is 10.2 Å². The monoisotopic (exact) mass is 340 g/mol. The Balaban J connectivity index is 1.36. The summed E-state index contributed by atoms with van der Waals surface area (Å²) in [5.74, 6) is -0.398. The van der Waals surface area contributed by atoms with Crippen molar-refractivity contribution >= 4 is 11.8 Å². The first kappa shape index (κ1) is 17.1. The molecule has 0 aliphatic carbocycles. The van der Waals surface area contributed by atoms with Gasteiger partial charge in [0.05, 0.1) is 6.42 Å². The summed E-state index contributed by atoms with van der Waals surface area (Å²) in [5, 5.41) is 2.78. The lowest BCUT2D eigenvalue weighted by atomic mass is 10.1. The lowest BCUT2D eigenvalue weighted by Crippen LogP contribution is -2.29. The molecular weight excluding hydrogens is 319 g/mol. The first-order valence-corrected chi connectivity index (χ1v) is 8.47. The van der Waals surface area contributed by atoms with E-state index >= 15 is 0 Å². The van der Waals surface area contributed by atoms with Crippen LogP contribution >= 0.6 is 0 Å². The number of amides is 2. The molecule has 0 radical (unpaired) electrons. The van der Waals surface area contributed by atoms with E-state index in [-0.39, 0.29) is 24.1 Å². The van der Waals surface area contributed by atoms with Gasteiger partial charge in [0.15, 0.2) is 0 Å². The maximum atomic E-state index is 13.1. The Morgan fingerprint density at radius 1 is 1.04 bits per heavy atom. The largest absolute Gasteiger partial charge is 0.356 e. The van der Waals surface area contributed by atoms with Gasteiger partial charge in [0.2, 0.25) is 11.8 Å². The van der Waals surface area contributed by atoms with Crippen molar-refractivity contribution in [2.45, 2.75) is 32.4 Å². The summed E-state index contributed by atoms with van der Waals surface area (Å²) in [4.78, 5) is 25.9. The Kier molecular flexibility index (Phi) is 5.43. The minimum atomic E-state index is -0.345. The average molecular weight is 340 g/mol. The van der Waals surface area contributed by atoms with Crippen molar-refractivity contribution in [2.24, 2.45) is 0 Å². The van der Waals surface area contributed by atoms with Gasteiger partial charge in [0, 0.05) is 26.1 Å². The van der Waals surface area contributed by atoms with Gasteiger partial charge in [0.25, 0.3) is 0 Å². The third kappa shape index (κ3) is 4.66. The molecule has 2 aromatic carbocycles. The molecule has 1 heterocycles. The molecule has 3 rings (SSSR count). The van der Waals surface area contributed by atoms with Gasteiger partial charge in [-0.2, -0.15) is 0 Å². The lowest BCUT2D eigenvalue weighted by Gasteiger charge is -2.15. The standard InChI is InChI=1S/C20H21FN2O2/c21-18-8-3-5-15(11-18)12-19(24)22-10-4-9-20(25)23-13-16-6-1-2-7-17(16)14-23/h1-3,5-8,11H,4,9-10,12-14H2,(H,22,24). The molecule has 0 spiro atoms. The highest BCUT2D eigenvalue weighted by molar-refractivity contribution is 5.79. The number of carbonyl (C=O) groups excluding carboxylic acids is 2. The fourth-order valence-corrected chi connectivity index (χ4v) is 3.03. The van der Waals surface area contributed by atoms with Crippen molar-refractivity contribution in [2.75, 3.05) is 6.54 Å². The average Bonchev–Trinajstić information content (AvgIpc) is 3.03. The number of halogens is 1. The molecule has 4 nitrogen and oxygen atoms in total. The number of hydrogen-bond donors (Lipinski definition) is 1. The summed E-state index contributed by atoms with van der Waals surface area (Å²) < 4.78 is 13.1. The highest BCUT2D eigenvalue weighted by Crippen LogP contribution is 2.22. The second-order valence-corrected chi connectivity index (χ2v) is 6.28. The van der Waals surface area contributed by atoms with Crippen molar-refractivity contribution in [3.8, 4) is 0 Å². The predicted molar refractivity (Wildman–Crippen MR) is 93.0 cm³/mol. The predicted octanol–water partition coefficient (Wildman–Crippen LogP) is 2.81. The summed E-state index contributed by atoms with van der Waals surface area (Å²) in [7, 11) is 0. The Bertz CT molecular complexity index is 751. The van der Waals surface area contributed by atoms with Gasteiger partial charge in [-0.3, -0.25) is 9.59 Å². The first-order chi connectivity index (χ1) is 12.1. The van der Waals surface area contributed by atoms with Crippen LogP contribution in [-0.4, -0.2) is 23.3 Å². The second-order valence-electron chi connectivity index (χ2n) is 6.28. The molecule has 0 bridgehead atoms. The zero-order valence-corrected chi connectivity index (χ0v) is 14.0. The third-order valence-corrected chi connectivity index (χ3v) is 4.34. The van der Waals surface area contributed by atoms with Crippen molar-refractivity contribution in [3.63, 3.8) is 0 Å². The highest BCUT2D eigenvalue weighted by atomic mass is 19.1. The molecular formula is C20H21FN2O2. The number of carbonyl (C=O) groups is 2. The molecule has 5 heteroatoms. The molecule has 0 unspecified atom stereocenters. The summed E-state index contributed by atoms with van der Waals surface area (Å²) in [6.45, 7) is 1.78. The van der Waals surface area contributed by atoms with E-state index in [2.05, 4.69) is 17.4 Å². The summed E-state index contributed by atoms with van der Waals surface area (Å²) in [5.41, 5.74) is 3.06. The van der Waals surface area contributed by atoms with Gasteiger partial charge >= 0.3 is 0 Å². The summed E-state index contributed by atoms with van der Waals surface area (Å²) in [6, 6.07) is 14.1. The molecule has 1 aliphatic rings. The minimum Gasteiger partial charge on any atom is -0.356 e. The summed E-state index contributed by atoms with van der Waals surface area (Å²) in [6.07, 6.45) is 1.15. The number of nitrogens with zero attached hydrogens (tertiary/aromatic N) is 1. The Morgan fingerprint density at radius 2 is 1.76 bits per heavy atom. The Labute approximate surface area is 146 Å². The van der Waals surface area contributed by atoms with Gasteiger partial charge in [-0.1, -0.05) is 36.4 Å². The van der Waals surface area contributed by atoms with Gasteiger partial charge in [-0.15, -0.1) is 0 Å². The maximum absolute atomic E-state index is 13.1. The molecule has 1 aliphatic heterocycles. The van der Waals surface area contributed by atoms with Crippen LogP contribution in [0.1, 0.15) is 29.5 Å². The van der Waals surface area contributed by atoms with Crippen LogP contribution in [0, 0.1) is 5.82 Å². The van der Waals surface area contributed by atoms with E-state index in [4.69, 9.17) is 0 Å². The fourth-order valence-electron chi connectivity index (χ4n) is 3.03. The SMILES string of the molecule is O=C(Cc1cccc(F)c1)NCCCC(=O)N1Cc2ccccc2C1. The van der Waals surface area contributed by atoms with Crippen LogP contribution < -0.4 is 5.32 Å². The van der Waals surface area contributed by atoms with E-state index in [1.165, 1.54) is 23.3 Å². The smallest absolute Gasteiger partial charge is 0.224 e. The molecule has 0 atom stereocenters.